The molecule has 1 aliphatic heterocycles. The zero-order valence-electron chi connectivity index (χ0n) is 23.6. The summed E-state index contributed by atoms with van der Waals surface area (Å²) in [7, 11) is 4.53. The van der Waals surface area contributed by atoms with E-state index >= 15 is 0 Å². The molecule has 1 fully saturated rings. The van der Waals surface area contributed by atoms with Crippen LogP contribution in [0.4, 0.5) is 0 Å². The number of amides is 2. The zero-order valence-corrected chi connectivity index (χ0v) is 23.6. The second-order valence-electron chi connectivity index (χ2n) is 10.1. The minimum absolute atomic E-state index is 0.00325. The van der Waals surface area contributed by atoms with E-state index in [1.165, 1.54) is 32.5 Å². The molecule has 0 radical (unpaired) electrons. The lowest BCUT2D eigenvalue weighted by Gasteiger charge is -2.36. The lowest BCUT2D eigenvalue weighted by atomic mass is 9.94. The predicted molar refractivity (Wildman–Crippen MR) is 149 cm³/mol. The second kappa shape index (κ2) is 12.9. The SMILES string of the molecule is COc1cc([C@H](C(=O)NC2CCCCC2)N(Cc2ccco2)C(=O)[C@@H]2COc3ccccc3O2)cc(OC)c1OC. The number of rotatable bonds is 10. The van der Waals surface area contributed by atoms with Gasteiger partial charge in [0, 0.05) is 6.04 Å². The summed E-state index contributed by atoms with van der Waals surface area (Å²) in [5.41, 5.74) is 0.491. The monoisotopic (exact) mass is 564 g/mol. The smallest absolute Gasteiger partial charge is 0.268 e. The van der Waals surface area contributed by atoms with Crippen LogP contribution in [0, 0.1) is 0 Å². The van der Waals surface area contributed by atoms with E-state index in [0.717, 1.165) is 32.1 Å². The fourth-order valence-corrected chi connectivity index (χ4v) is 5.45. The van der Waals surface area contributed by atoms with E-state index in [1.807, 2.05) is 12.1 Å². The summed E-state index contributed by atoms with van der Waals surface area (Å²) in [4.78, 5) is 30.0. The maximum absolute atomic E-state index is 14.3. The van der Waals surface area contributed by atoms with Crippen LogP contribution in [0.1, 0.15) is 49.5 Å². The number of fused-ring (bicyclic) bond motifs is 1. The van der Waals surface area contributed by atoms with Crippen LogP contribution in [0.5, 0.6) is 28.7 Å². The first-order chi connectivity index (χ1) is 20.0. The largest absolute Gasteiger partial charge is 0.493 e. The highest BCUT2D eigenvalue weighted by Gasteiger charge is 2.40. The van der Waals surface area contributed by atoms with Gasteiger partial charge in [-0.2, -0.15) is 0 Å². The van der Waals surface area contributed by atoms with E-state index in [-0.39, 0.29) is 25.1 Å². The van der Waals surface area contributed by atoms with Crippen LogP contribution < -0.4 is 29.0 Å². The number of carbonyl (C=O) groups is 2. The topological polar surface area (TPSA) is 109 Å². The lowest BCUT2D eigenvalue weighted by Crippen LogP contribution is -2.52. The Hall–Kier alpha value is -4.34. The van der Waals surface area contributed by atoms with Gasteiger partial charge in [0.15, 0.2) is 23.0 Å². The van der Waals surface area contributed by atoms with Gasteiger partial charge in [-0.25, -0.2) is 0 Å². The fourth-order valence-electron chi connectivity index (χ4n) is 5.45. The van der Waals surface area contributed by atoms with Gasteiger partial charge in [0.25, 0.3) is 5.91 Å². The number of furan rings is 1. The number of nitrogens with one attached hydrogen (secondary N) is 1. The fraction of sp³-hybridized carbons (Fsp3) is 0.419. The summed E-state index contributed by atoms with van der Waals surface area (Å²) in [6, 6.07) is 13.0. The van der Waals surface area contributed by atoms with Crippen LogP contribution in [0.25, 0.3) is 0 Å². The van der Waals surface area contributed by atoms with Crippen molar-refractivity contribution in [2.75, 3.05) is 27.9 Å². The van der Waals surface area contributed by atoms with Crippen molar-refractivity contribution in [1.82, 2.24) is 10.2 Å². The number of methoxy groups -OCH3 is 3. The Morgan fingerprint density at radius 2 is 1.66 bits per heavy atom. The van der Waals surface area contributed by atoms with Crippen molar-refractivity contribution in [2.24, 2.45) is 0 Å². The van der Waals surface area contributed by atoms with Gasteiger partial charge in [-0.1, -0.05) is 31.4 Å². The van der Waals surface area contributed by atoms with Gasteiger partial charge in [0.05, 0.1) is 34.1 Å². The van der Waals surface area contributed by atoms with Crippen LogP contribution >= 0.6 is 0 Å². The van der Waals surface area contributed by atoms with Crippen LogP contribution in [0.2, 0.25) is 0 Å². The molecule has 10 heteroatoms. The highest BCUT2D eigenvalue weighted by Crippen LogP contribution is 2.42. The molecule has 0 unspecified atom stereocenters. The molecule has 2 aliphatic rings. The zero-order chi connectivity index (χ0) is 28.8. The molecule has 1 aliphatic carbocycles. The summed E-state index contributed by atoms with van der Waals surface area (Å²) in [5, 5.41) is 3.21. The molecule has 5 rings (SSSR count). The highest BCUT2D eigenvalue weighted by molar-refractivity contribution is 5.91. The number of nitrogens with zero attached hydrogens (tertiary/aromatic N) is 1. The summed E-state index contributed by atoms with van der Waals surface area (Å²) < 4.78 is 34.3. The number of ether oxygens (including phenoxy) is 5. The number of hydrogen-bond donors (Lipinski definition) is 1. The van der Waals surface area contributed by atoms with Gasteiger partial charge in [0.1, 0.15) is 18.4 Å². The summed E-state index contributed by atoms with van der Waals surface area (Å²) in [6.07, 6.45) is 5.55. The molecule has 2 atom stereocenters. The molecule has 2 heterocycles. The molecule has 0 bridgehead atoms. The van der Waals surface area contributed by atoms with Crippen molar-refractivity contribution in [3.8, 4) is 28.7 Å². The van der Waals surface area contributed by atoms with E-state index in [2.05, 4.69) is 5.32 Å². The molecular weight excluding hydrogens is 528 g/mol. The van der Waals surface area contributed by atoms with Crippen molar-refractivity contribution in [2.45, 2.75) is 56.8 Å². The third-order valence-corrected chi connectivity index (χ3v) is 7.49. The third kappa shape index (κ3) is 6.21. The van der Waals surface area contributed by atoms with Crippen LogP contribution in [0.15, 0.2) is 59.2 Å². The Kier molecular flexibility index (Phi) is 8.86. The molecule has 10 nitrogen and oxygen atoms in total. The quantitative estimate of drug-likeness (QED) is 0.379. The molecule has 2 amide bonds. The van der Waals surface area contributed by atoms with Crippen LogP contribution in [0.3, 0.4) is 0 Å². The summed E-state index contributed by atoms with van der Waals surface area (Å²) in [6.45, 7) is 0.0173. The van der Waals surface area contributed by atoms with Gasteiger partial charge in [0.2, 0.25) is 17.8 Å². The van der Waals surface area contributed by atoms with Gasteiger partial charge in [-0.3, -0.25) is 9.59 Å². The first-order valence-electron chi connectivity index (χ1n) is 13.8. The van der Waals surface area contributed by atoms with E-state index in [4.69, 9.17) is 28.1 Å². The van der Waals surface area contributed by atoms with Crippen LogP contribution in [-0.2, 0) is 16.1 Å². The van der Waals surface area contributed by atoms with E-state index in [1.54, 1.807) is 36.4 Å². The molecule has 41 heavy (non-hydrogen) atoms. The summed E-state index contributed by atoms with van der Waals surface area (Å²) in [5.74, 6) is 1.92. The van der Waals surface area contributed by atoms with E-state index in [0.29, 0.717) is 40.1 Å². The number of hydrogen-bond acceptors (Lipinski definition) is 8. The molecule has 0 saturated heterocycles. The maximum Gasteiger partial charge on any atom is 0.268 e. The Bertz CT molecular complexity index is 1310. The number of carbonyl (C=O) groups excluding carboxylic acids is 2. The Labute approximate surface area is 239 Å². The molecule has 3 aromatic rings. The first kappa shape index (κ1) is 28.2. The van der Waals surface area contributed by atoms with Crippen LogP contribution in [-0.4, -0.2) is 56.8 Å². The predicted octanol–water partition coefficient (Wildman–Crippen LogP) is 4.66. The third-order valence-electron chi connectivity index (χ3n) is 7.49. The molecule has 0 spiro atoms. The molecule has 1 saturated carbocycles. The Morgan fingerprint density at radius 1 is 0.951 bits per heavy atom. The van der Waals surface area contributed by atoms with Gasteiger partial charge >= 0.3 is 0 Å². The maximum atomic E-state index is 14.3. The van der Waals surface area contributed by atoms with Crippen molar-refractivity contribution in [1.29, 1.82) is 0 Å². The first-order valence-corrected chi connectivity index (χ1v) is 13.8. The van der Waals surface area contributed by atoms with Crippen molar-refractivity contribution in [3.05, 3.63) is 66.1 Å². The molecule has 1 aromatic heterocycles. The Morgan fingerprint density at radius 3 is 2.29 bits per heavy atom. The van der Waals surface area contributed by atoms with Gasteiger partial charge in [-0.05, 0) is 54.8 Å². The van der Waals surface area contributed by atoms with Crippen molar-refractivity contribution < 1.29 is 37.7 Å². The minimum Gasteiger partial charge on any atom is -0.493 e. The lowest BCUT2D eigenvalue weighted by molar-refractivity contribution is -0.149. The normalized spacial score (nSPS) is 17.3. The number of benzene rings is 2. The van der Waals surface area contributed by atoms with E-state index < -0.39 is 18.1 Å². The average Bonchev–Trinajstić information content (AvgIpc) is 3.53. The second-order valence-corrected chi connectivity index (χ2v) is 10.1. The standard InChI is InChI=1S/C31H36N2O8/c1-36-25-16-20(17-26(37-2)29(25)38-3)28(30(34)32-21-10-5-4-6-11-21)33(18-22-12-9-15-39-22)31(35)27-19-40-23-13-7-8-14-24(23)41-27/h7-9,12-17,21,27-28H,4-6,10-11,18-19H2,1-3H3,(H,32,34)/t27-,28+/m0/s1. The average molecular weight is 565 g/mol. The van der Waals surface area contributed by atoms with E-state index in [9.17, 15) is 9.59 Å². The molecule has 218 valence electrons. The Balaban J connectivity index is 1.57. The van der Waals surface area contributed by atoms with Crippen molar-refractivity contribution in [3.63, 3.8) is 0 Å². The summed E-state index contributed by atoms with van der Waals surface area (Å²) >= 11 is 0. The van der Waals surface area contributed by atoms with Crippen molar-refractivity contribution >= 4 is 11.8 Å². The molecule has 2 aromatic carbocycles. The minimum atomic E-state index is -1.07. The highest BCUT2D eigenvalue weighted by atomic mass is 16.6. The molecule has 1 N–H and O–H groups in total. The number of para-hydroxylation sites is 2. The van der Waals surface area contributed by atoms with Gasteiger partial charge in [-0.15, -0.1) is 0 Å². The molecular formula is C31H36N2O8. The van der Waals surface area contributed by atoms with Gasteiger partial charge < -0.3 is 38.3 Å².